The van der Waals surface area contributed by atoms with E-state index in [1.54, 1.807) is 72.8 Å². The smallest absolute Gasteiger partial charge is 0.744 e. The zero-order valence-electron chi connectivity index (χ0n) is 28.3. The second kappa shape index (κ2) is 16.4. The van der Waals surface area contributed by atoms with Gasteiger partial charge in [-0.2, -0.15) is 0 Å². The molecule has 0 radical (unpaired) electrons. The van der Waals surface area contributed by atoms with Crippen molar-refractivity contribution >= 4 is 75.9 Å². The quantitative estimate of drug-likeness (QED) is 0.0933. The van der Waals surface area contributed by atoms with Crippen LogP contribution in [0.5, 0.6) is 11.5 Å². The third kappa shape index (κ3) is 8.31. The number of nitrogens with two attached hydrogens (primary N) is 2. The summed E-state index contributed by atoms with van der Waals surface area (Å²) in [5, 5.41) is 17.8. The fourth-order valence-electron chi connectivity index (χ4n) is 5.38. The van der Waals surface area contributed by atoms with Crippen LogP contribution in [0.3, 0.4) is 0 Å². The molecule has 0 aromatic heterocycles. The van der Waals surface area contributed by atoms with Gasteiger partial charge in [0.2, 0.25) is 0 Å². The second-order valence-corrected chi connectivity index (χ2v) is 13.5. The zero-order valence-corrected chi connectivity index (χ0v) is 33.9. The Morgan fingerprint density at radius 3 is 1.15 bits per heavy atom. The molecule has 0 saturated heterocycles. The third-order valence-corrected chi connectivity index (χ3v) is 9.57. The maximum absolute atomic E-state index is 12.0. The molecule has 0 bridgehead atoms. The number of ether oxygens (including phenoxy) is 2. The second-order valence-electron chi connectivity index (χ2n) is 10.8. The van der Waals surface area contributed by atoms with E-state index in [2.05, 4.69) is 20.5 Å². The molecule has 0 aliphatic carbocycles. The van der Waals surface area contributed by atoms with Crippen molar-refractivity contribution in [1.82, 2.24) is 0 Å². The van der Waals surface area contributed by atoms with Crippen LogP contribution in [0, 0.1) is 0 Å². The van der Waals surface area contributed by atoms with E-state index in [0.29, 0.717) is 44.8 Å². The minimum Gasteiger partial charge on any atom is -0.744 e. The standard InChI is InChI=1S/C34H28N6O8S2.2Na/c1-47-29-15-19(11-13-25(29)37-39-27-17-31(49(41,42)43)21-7-3-5-9-23(21)33(27)35)20-12-14-26(30(16-20)48-2)38-40-28-18-32(50(44,45)46)22-8-4-6-10-24(22)34(28)36;;/h3-18H,35-36H2,1-2H3,(H,41,42,43)(H,44,45,46);;/q;2*+1/p-2. The maximum atomic E-state index is 12.0. The Morgan fingerprint density at radius 2 is 0.827 bits per heavy atom. The number of hydrogen-bond donors (Lipinski definition) is 2. The van der Waals surface area contributed by atoms with Gasteiger partial charge in [-0.1, -0.05) is 60.7 Å². The van der Waals surface area contributed by atoms with E-state index in [4.69, 9.17) is 20.9 Å². The third-order valence-electron chi connectivity index (χ3n) is 7.82. The zero-order chi connectivity index (χ0) is 35.8. The minimum absolute atomic E-state index is 0. The summed E-state index contributed by atoms with van der Waals surface area (Å²) in [4.78, 5) is -0.923. The molecule has 6 rings (SSSR count). The molecule has 52 heavy (non-hydrogen) atoms. The maximum Gasteiger partial charge on any atom is 1.00 e. The van der Waals surface area contributed by atoms with Crippen molar-refractivity contribution in [1.29, 1.82) is 0 Å². The number of azo groups is 2. The normalized spacial score (nSPS) is 11.8. The van der Waals surface area contributed by atoms with Gasteiger partial charge in [-0.15, -0.1) is 20.5 Å². The number of benzene rings is 6. The van der Waals surface area contributed by atoms with Crippen molar-refractivity contribution < 1.29 is 94.5 Å². The number of anilines is 2. The minimum atomic E-state index is -4.84. The Labute approximate surface area is 343 Å². The van der Waals surface area contributed by atoms with Gasteiger partial charge in [0.1, 0.15) is 54.5 Å². The summed E-state index contributed by atoms with van der Waals surface area (Å²) < 4.78 is 83.0. The van der Waals surface area contributed by atoms with E-state index in [0.717, 1.165) is 12.1 Å². The molecule has 0 aliphatic heterocycles. The molecule has 0 amide bonds. The summed E-state index contributed by atoms with van der Waals surface area (Å²) in [5.74, 6) is 0.641. The first-order valence-corrected chi connectivity index (χ1v) is 17.4. The first kappa shape index (κ1) is 40.8. The van der Waals surface area contributed by atoms with Crippen LogP contribution < -0.4 is 80.1 Å². The predicted octanol–water partition coefficient (Wildman–Crippen LogP) is 1.49. The first-order valence-electron chi connectivity index (χ1n) is 14.5. The monoisotopic (exact) mass is 756 g/mol. The summed E-state index contributed by atoms with van der Waals surface area (Å²) in [5.41, 5.74) is 14.8. The van der Waals surface area contributed by atoms with E-state index in [-0.39, 0.29) is 92.6 Å². The number of nitrogen functional groups attached to an aromatic ring is 2. The van der Waals surface area contributed by atoms with E-state index in [1.807, 2.05) is 0 Å². The van der Waals surface area contributed by atoms with Gasteiger partial charge in [0.05, 0.1) is 35.4 Å². The number of rotatable bonds is 9. The molecule has 0 aliphatic rings. The molecule has 6 aromatic rings. The number of nitrogens with zero attached hydrogens (tertiary/aromatic N) is 4. The average molecular weight is 757 g/mol. The molecule has 0 saturated carbocycles. The molecular weight excluding hydrogens is 731 g/mol. The van der Waals surface area contributed by atoms with Gasteiger partial charge in [-0.3, -0.25) is 0 Å². The van der Waals surface area contributed by atoms with Crippen molar-refractivity contribution in [3.05, 3.63) is 97.1 Å². The van der Waals surface area contributed by atoms with E-state index in [1.165, 1.54) is 26.4 Å². The fourth-order valence-corrected chi connectivity index (χ4v) is 6.78. The van der Waals surface area contributed by atoms with Crippen LogP contribution in [-0.2, 0) is 20.2 Å². The van der Waals surface area contributed by atoms with Gasteiger partial charge in [-0.05, 0) is 47.5 Å². The first-order chi connectivity index (χ1) is 23.8. The van der Waals surface area contributed by atoms with Crippen molar-refractivity contribution in [2.45, 2.75) is 9.79 Å². The Balaban J connectivity index is 0.00000302. The molecular formula is C34H26N6Na2O8S2. The number of hydrogen-bond acceptors (Lipinski definition) is 14. The molecule has 0 atom stereocenters. The Kier molecular flexibility index (Phi) is 12.9. The summed E-state index contributed by atoms with van der Waals surface area (Å²) in [6.45, 7) is 0. The molecule has 254 valence electrons. The van der Waals surface area contributed by atoms with Gasteiger partial charge in [0, 0.05) is 21.5 Å². The molecule has 0 fully saturated rings. The van der Waals surface area contributed by atoms with Gasteiger partial charge < -0.3 is 30.0 Å². The summed E-state index contributed by atoms with van der Waals surface area (Å²) in [6.07, 6.45) is 0. The molecule has 4 N–H and O–H groups in total. The fraction of sp³-hybridized carbons (Fsp3) is 0.0588. The summed E-state index contributed by atoms with van der Waals surface area (Å²) in [7, 11) is -6.79. The van der Waals surface area contributed by atoms with E-state index >= 15 is 0 Å². The molecule has 0 heterocycles. The summed E-state index contributed by atoms with van der Waals surface area (Å²) in [6, 6.07) is 25.0. The van der Waals surface area contributed by atoms with Gasteiger partial charge in [0.25, 0.3) is 0 Å². The predicted molar refractivity (Wildman–Crippen MR) is 186 cm³/mol. The van der Waals surface area contributed by atoms with Crippen molar-refractivity contribution in [2.75, 3.05) is 25.7 Å². The van der Waals surface area contributed by atoms with E-state index in [9.17, 15) is 25.9 Å². The van der Waals surface area contributed by atoms with Crippen LogP contribution in [0.15, 0.2) is 127 Å². The Bertz CT molecular complexity index is 2440. The van der Waals surface area contributed by atoms with Gasteiger partial charge >= 0.3 is 59.1 Å². The number of methoxy groups -OCH3 is 2. The van der Waals surface area contributed by atoms with E-state index < -0.39 is 30.0 Å². The average Bonchev–Trinajstić information content (AvgIpc) is 3.10. The van der Waals surface area contributed by atoms with Gasteiger partial charge in [-0.25, -0.2) is 16.8 Å². The van der Waals surface area contributed by atoms with Crippen LogP contribution in [0.4, 0.5) is 34.1 Å². The van der Waals surface area contributed by atoms with Crippen LogP contribution >= 0.6 is 0 Å². The van der Waals surface area contributed by atoms with Crippen LogP contribution in [-0.4, -0.2) is 40.2 Å². The molecule has 0 unspecified atom stereocenters. The van der Waals surface area contributed by atoms with Crippen LogP contribution in [0.1, 0.15) is 0 Å². The van der Waals surface area contributed by atoms with Crippen molar-refractivity contribution in [3.8, 4) is 22.6 Å². The topological polar surface area (TPSA) is 234 Å². The summed E-state index contributed by atoms with van der Waals surface area (Å²) >= 11 is 0. The largest absolute Gasteiger partial charge is 1.00 e. The van der Waals surface area contributed by atoms with Gasteiger partial charge in [0.15, 0.2) is 0 Å². The van der Waals surface area contributed by atoms with Crippen LogP contribution in [0.2, 0.25) is 0 Å². The van der Waals surface area contributed by atoms with Crippen molar-refractivity contribution in [3.63, 3.8) is 0 Å². The van der Waals surface area contributed by atoms with Crippen LogP contribution in [0.25, 0.3) is 32.7 Å². The Hall–Kier alpha value is -3.94. The Morgan fingerprint density at radius 1 is 0.500 bits per heavy atom. The number of fused-ring (bicyclic) bond motifs is 2. The molecule has 0 spiro atoms. The SMILES string of the molecule is COc1cc(-c2ccc(N=Nc3cc(S(=O)(=O)[O-])c4ccccc4c3N)c(OC)c2)ccc1N=Nc1cc(S(=O)(=O)[O-])c2ccccc2c1N.[Na+].[Na+]. The molecule has 14 nitrogen and oxygen atoms in total. The molecule has 18 heteroatoms. The molecule has 6 aromatic carbocycles. The van der Waals surface area contributed by atoms with Crippen molar-refractivity contribution in [2.24, 2.45) is 20.5 Å².